The zero-order chi connectivity index (χ0) is 16.5. The second kappa shape index (κ2) is 8.76. The lowest BCUT2D eigenvalue weighted by molar-refractivity contribution is -0.137. The van der Waals surface area contributed by atoms with Crippen molar-refractivity contribution in [3.8, 4) is 5.88 Å². The molecule has 0 aromatic carbocycles. The first kappa shape index (κ1) is 17.6. The summed E-state index contributed by atoms with van der Waals surface area (Å²) < 4.78 is 15.1. The SMILES string of the molecule is CCOC(=O)/C=C/c1nc(OCC)c(C)c(C(=O)OCC)n1. The highest BCUT2D eigenvalue weighted by Gasteiger charge is 2.18. The Labute approximate surface area is 129 Å². The maximum atomic E-state index is 11.9. The van der Waals surface area contributed by atoms with Crippen LogP contribution in [-0.2, 0) is 14.3 Å². The van der Waals surface area contributed by atoms with Crippen molar-refractivity contribution in [2.24, 2.45) is 0 Å². The van der Waals surface area contributed by atoms with Gasteiger partial charge in [0, 0.05) is 11.6 Å². The van der Waals surface area contributed by atoms with Crippen molar-refractivity contribution in [2.45, 2.75) is 27.7 Å². The summed E-state index contributed by atoms with van der Waals surface area (Å²) in [6, 6.07) is 0. The molecule has 1 rings (SSSR count). The molecule has 0 aliphatic rings. The van der Waals surface area contributed by atoms with Crippen LogP contribution < -0.4 is 4.74 Å². The molecule has 0 aliphatic heterocycles. The minimum Gasteiger partial charge on any atom is -0.478 e. The van der Waals surface area contributed by atoms with Crippen LogP contribution in [0.4, 0.5) is 0 Å². The van der Waals surface area contributed by atoms with Crippen molar-refractivity contribution in [2.75, 3.05) is 19.8 Å². The first-order valence-corrected chi connectivity index (χ1v) is 7.06. The summed E-state index contributed by atoms with van der Waals surface area (Å²) in [5, 5.41) is 0. The van der Waals surface area contributed by atoms with Crippen LogP contribution in [0.2, 0.25) is 0 Å². The predicted octanol–water partition coefficient (Wildman–Crippen LogP) is 1.94. The van der Waals surface area contributed by atoms with E-state index in [1.165, 1.54) is 12.2 Å². The fourth-order valence-electron chi connectivity index (χ4n) is 1.60. The lowest BCUT2D eigenvalue weighted by atomic mass is 10.2. The largest absolute Gasteiger partial charge is 0.478 e. The molecule has 0 radical (unpaired) electrons. The molecule has 0 atom stereocenters. The van der Waals surface area contributed by atoms with Crippen molar-refractivity contribution in [3.05, 3.63) is 23.2 Å². The van der Waals surface area contributed by atoms with E-state index >= 15 is 0 Å². The van der Waals surface area contributed by atoms with E-state index in [-0.39, 0.29) is 30.6 Å². The summed E-state index contributed by atoms with van der Waals surface area (Å²) in [7, 11) is 0. The van der Waals surface area contributed by atoms with Gasteiger partial charge in [0.2, 0.25) is 5.88 Å². The highest BCUT2D eigenvalue weighted by molar-refractivity contribution is 5.90. The number of esters is 2. The second-order valence-electron chi connectivity index (χ2n) is 4.10. The Kier molecular flexibility index (Phi) is 7.01. The number of hydrogen-bond donors (Lipinski definition) is 0. The van der Waals surface area contributed by atoms with Crippen molar-refractivity contribution in [1.82, 2.24) is 9.97 Å². The van der Waals surface area contributed by atoms with Crippen LogP contribution in [0.25, 0.3) is 6.08 Å². The number of hydrogen-bond acceptors (Lipinski definition) is 7. The minimum absolute atomic E-state index is 0.115. The third-order valence-electron chi connectivity index (χ3n) is 2.52. The third-order valence-corrected chi connectivity index (χ3v) is 2.52. The van der Waals surface area contributed by atoms with Crippen LogP contribution in [0.3, 0.4) is 0 Å². The monoisotopic (exact) mass is 308 g/mol. The maximum absolute atomic E-state index is 11.9. The molecule has 7 nitrogen and oxygen atoms in total. The first-order chi connectivity index (χ1) is 10.5. The maximum Gasteiger partial charge on any atom is 0.357 e. The van der Waals surface area contributed by atoms with E-state index in [1.807, 2.05) is 0 Å². The molecule has 0 amide bonds. The Balaban J connectivity index is 3.17. The fraction of sp³-hybridized carbons (Fsp3) is 0.467. The number of ether oxygens (including phenoxy) is 3. The fourth-order valence-corrected chi connectivity index (χ4v) is 1.60. The Morgan fingerprint density at radius 1 is 1.05 bits per heavy atom. The molecule has 0 saturated carbocycles. The lowest BCUT2D eigenvalue weighted by Crippen LogP contribution is -2.13. The van der Waals surface area contributed by atoms with Gasteiger partial charge in [-0.25, -0.2) is 14.6 Å². The molecule has 1 heterocycles. The van der Waals surface area contributed by atoms with Gasteiger partial charge in [-0.1, -0.05) is 0 Å². The van der Waals surface area contributed by atoms with Gasteiger partial charge in [-0.3, -0.25) is 0 Å². The molecule has 1 aromatic rings. The molecule has 0 aliphatic carbocycles. The van der Waals surface area contributed by atoms with E-state index < -0.39 is 11.9 Å². The smallest absolute Gasteiger partial charge is 0.357 e. The van der Waals surface area contributed by atoms with Crippen LogP contribution >= 0.6 is 0 Å². The molecular weight excluding hydrogens is 288 g/mol. The van der Waals surface area contributed by atoms with Gasteiger partial charge in [0.1, 0.15) is 0 Å². The molecular formula is C15H20N2O5. The van der Waals surface area contributed by atoms with Gasteiger partial charge >= 0.3 is 11.9 Å². The standard InChI is InChI=1S/C15H20N2O5/c1-5-20-12(18)9-8-11-16-13(15(19)22-7-3)10(4)14(17-11)21-6-2/h8-9H,5-7H2,1-4H3/b9-8+. The molecule has 7 heteroatoms. The summed E-state index contributed by atoms with van der Waals surface area (Å²) in [6.45, 7) is 7.80. The summed E-state index contributed by atoms with van der Waals surface area (Å²) >= 11 is 0. The summed E-state index contributed by atoms with van der Waals surface area (Å²) in [4.78, 5) is 31.5. The van der Waals surface area contributed by atoms with Gasteiger partial charge in [-0.15, -0.1) is 0 Å². The molecule has 1 aromatic heterocycles. The number of carbonyl (C=O) groups is 2. The van der Waals surface area contributed by atoms with Crippen molar-refractivity contribution in [1.29, 1.82) is 0 Å². The van der Waals surface area contributed by atoms with Crippen molar-refractivity contribution >= 4 is 18.0 Å². The minimum atomic E-state index is -0.561. The molecule has 0 fully saturated rings. The Hall–Kier alpha value is -2.44. The van der Waals surface area contributed by atoms with Gasteiger partial charge in [0.25, 0.3) is 0 Å². The van der Waals surface area contributed by atoms with Gasteiger partial charge in [0.15, 0.2) is 11.5 Å². The zero-order valence-electron chi connectivity index (χ0n) is 13.2. The van der Waals surface area contributed by atoms with Crippen LogP contribution in [-0.4, -0.2) is 41.7 Å². The number of rotatable bonds is 7. The molecule has 0 N–H and O–H groups in total. The Morgan fingerprint density at radius 3 is 2.32 bits per heavy atom. The van der Waals surface area contributed by atoms with Gasteiger partial charge in [0.05, 0.1) is 19.8 Å². The molecule has 0 bridgehead atoms. The van der Waals surface area contributed by atoms with Crippen LogP contribution in [0.5, 0.6) is 5.88 Å². The van der Waals surface area contributed by atoms with Gasteiger partial charge in [-0.05, 0) is 33.8 Å². The van der Waals surface area contributed by atoms with Crippen LogP contribution in [0.15, 0.2) is 6.08 Å². The Bertz CT molecular complexity index is 569. The third kappa shape index (κ3) is 4.83. The van der Waals surface area contributed by atoms with Crippen LogP contribution in [0.1, 0.15) is 42.6 Å². The first-order valence-electron chi connectivity index (χ1n) is 7.06. The van der Waals surface area contributed by atoms with E-state index in [0.717, 1.165) is 0 Å². The summed E-state index contributed by atoms with van der Waals surface area (Å²) in [6.07, 6.45) is 2.56. The Morgan fingerprint density at radius 2 is 1.73 bits per heavy atom. The number of carbonyl (C=O) groups excluding carboxylic acids is 2. The topological polar surface area (TPSA) is 87.6 Å². The molecule has 0 saturated heterocycles. The van der Waals surface area contributed by atoms with Crippen molar-refractivity contribution < 1.29 is 23.8 Å². The average Bonchev–Trinajstić information content (AvgIpc) is 2.48. The zero-order valence-corrected chi connectivity index (χ0v) is 13.2. The number of nitrogens with zero attached hydrogens (tertiary/aromatic N) is 2. The molecule has 120 valence electrons. The second-order valence-corrected chi connectivity index (χ2v) is 4.10. The van der Waals surface area contributed by atoms with E-state index in [0.29, 0.717) is 12.2 Å². The molecule has 22 heavy (non-hydrogen) atoms. The summed E-state index contributed by atoms with van der Waals surface area (Å²) in [5.74, 6) is -0.620. The highest BCUT2D eigenvalue weighted by Crippen LogP contribution is 2.19. The van der Waals surface area contributed by atoms with E-state index in [4.69, 9.17) is 14.2 Å². The van der Waals surface area contributed by atoms with E-state index in [1.54, 1.807) is 27.7 Å². The summed E-state index contributed by atoms with van der Waals surface area (Å²) in [5.41, 5.74) is 0.609. The van der Waals surface area contributed by atoms with Gasteiger partial charge < -0.3 is 14.2 Å². The normalized spacial score (nSPS) is 10.5. The van der Waals surface area contributed by atoms with Crippen LogP contribution in [0, 0.1) is 6.92 Å². The quantitative estimate of drug-likeness (QED) is 0.562. The number of aromatic nitrogens is 2. The van der Waals surface area contributed by atoms with Crippen molar-refractivity contribution in [3.63, 3.8) is 0 Å². The van der Waals surface area contributed by atoms with Gasteiger partial charge in [-0.2, -0.15) is 4.98 Å². The predicted molar refractivity (Wildman–Crippen MR) is 79.6 cm³/mol. The lowest BCUT2D eigenvalue weighted by Gasteiger charge is -2.10. The highest BCUT2D eigenvalue weighted by atomic mass is 16.5. The average molecular weight is 308 g/mol. The molecule has 0 unspecified atom stereocenters. The van der Waals surface area contributed by atoms with E-state index in [2.05, 4.69) is 9.97 Å². The van der Waals surface area contributed by atoms with E-state index in [9.17, 15) is 9.59 Å². The molecule has 0 spiro atoms.